The van der Waals surface area contributed by atoms with Crippen LogP contribution >= 0.6 is 11.6 Å². The number of nitrogens with one attached hydrogen (secondary N) is 1. The molecule has 0 radical (unpaired) electrons. The van der Waals surface area contributed by atoms with E-state index >= 15 is 0 Å². The first-order valence-corrected chi connectivity index (χ1v) is 7.09. The van der Waals surface area contributed by atoms with E-state index in [0.29, 0.717) is 12.0 Å². The fourth-order valence-electron chi connectivity index (χ4n) is 2.88. The van der Waals surface area contributed by atoms with E-state index in [-0.39, 0.29) is 0 Å². The zero-order valence-electron chi connectivity index (χ0n) is 10.8. The summed E-state index contributed by atoms with van der Waals surface area (Å²) in [6.45, 7) is 5.31. The molecule has 0 saturated heterocycles. The molecule has 1 aromatic carbocycles. The zero-order valence-corrected chi connectivity index (χ0v) is 11.6. The fourth-order valence-corrected chi connectivity index (χ4v) is 3.07. The Morgan fingerprint density at radius 1 is 1.29 bits per heavy atom. The summed E-state index contributed by atoms with van der Waals surface area (Å²) >= 11 is 6.24. The molecular weight excluding hydrogens is 230 g/mol. The van der Waals surface area contributed by atoms with E-state index in [4.69, 9.17) is 11.6 Å². The molecule has 0 aliphatic heterocycles. The van der Waals surface area contributed by atoms with Crippen LogP contribution < -0.4 is 5.32 Å². The van der Waals surface area contributed by atoms with Crippen molar-refractivity contribution in [2.24, 2.45) is 0 Å². The quantitative estimate of drug-likeness (QED) is 0.845. The maximum absolute atomic E-state index is 6.24. The van der Waals surface area contributed by atoms with Crippen LogP contribution in [0.2, 0.25) is 5.02 Å². The maximum atomic E-state index is 6.24. The molecule has 94 valence electrons. The Balaban J connectivity index is 2.20. The molecule has 1 saturated carbocycles. The lowest BCUT2D eigenvalue weighted by Gasteiger charge is -2.32. The minimum atomic E-state index is 0.632. The average molecular weight is 252 g/mol. The summed E-state index contributed by atoms with van der Waals surface area (Å²) in [5.41, 5.74) is 2.58. The highest BCUT2D eigenvalue weighted by Crippen LogP contribution is 2.34. The average Bonchev–Trinajstić information content (AvgIpc) is 2.34. The number of hydrogen-bond donors (Lipinski definition) is 1. The van der Waals surface area contributed by atoms with Gasteiger partial charge in [0.25, 0.3) is 0 Å². The van der Waals surface area contributed by atoms with Gasteiger partial charge in [0.2, 0.25) is 0 Å². The molecule has 1 N–H and O–H groups in total. The second-order valence-electron chi connectivity index (χ2n) is 5.06. The molecule has 1 aromatic rings. The van der Waals surface area contributed by atoms with Gasteiger partial charge in [0.15, 0.2) is 0 Å². The Morgan fingerprint density at radius 2 is 2.06 bits per heavy atom. The maximum Gasteiger partial charge on any atom is 0.0438 e. The van der Waals surface area contributed by atoms with Crippen molar-refractivity contribution in [3.05, 3.63) is 34.3 Å². The molecular formula is C15H22ClN. The summed E-state index contributed by atoms with van der Waals surface area (Å²) in [4.78, 5) is 0. The summed E-state index contributed by atoms with van der Waals surface area (Å²) < 4.78 is 0. The van der Waals surface area contributed by atoms with Gasteiger partial charge in [0.1, 0.15) is 0 Å². The summed E-state index contributed by atoms with van der Waals surface area (Å²) in [6.07, 6.45) is 5.28. The molecule has 1 fully saturated rings. The number of hydrogen-bond acceptors (Lipinski definition) is 1. The predicted octanol–water partition coefficient (Wildman–Crippen LogP) is 4.28. The van der Waals surface area contributed by atoms with Gasteiger partial charge in [-0.15, -0.1) is 0 Å². The lowest BCUT2D eigenvalue weighted by molar-refractivity contribution is 0.332. The molecule has 0 heterocycles. The number of benzene rings is 1. The third-order valence-corrected chi connectivity index (χ3v) is 4.26. The van der Waals surface area contributed by atoms with E-state index in [0.717, 1.165) is 11.6 Å². The Morgan fingerprint density at radius 3 is 2.76 bits per heavy atom. The minimum Gasteiger partial charge on any atom is -0.314 e. The van der Waals surface area contributed by atoms with Crippen LogP contribution in [0.25, 0.3) is 0 Å². The van der Waals surface area contributed by atoms with Gasteiger partial charge in [0, 0.05) is 11.1 Å². The van der Waals surface area contributed by atoms with E-state index < -0.39 is 0 Å². The van der Waals surface area contributed by atoms with Gasteiger partial charge in [-0.25, -0.2) is 0 Å². The first kappa shape index (κ1) is 12.9. The minimum absolute atomic E-state index is 0.632. The van der Waals surface area contributed by atoms with Crippen molar-refractivity contribution in [3.63, 3.8) is 0 Å². The Bertz CT molecular complexity index is 373. The third kappa shape index (κ3) is 3.02. The molecule has 0 aromatic heterocycles. The van der Waals surface area contributed by atoms with Crippen LogP contribution in [0.4, 0.5) is 0 Å². The third-order valence-electron chi connectivity index (χ3n) is 3.86. The van der Waals surface area contributed by atoms with Crippen molar-refractivity contribution < 1.29 is 0 Å². The van der Waals surface area contributed by atoms with E-state index in [1.54, 1.807) is 0 Å². The van der Waals surface area contributed by atoms with Gasteiger partial charge >= 0.3 is 0 Å². The largest absolute Gasteiger partial charge is 0.314 e. The van der Waals surface area contributed by atoms with Crippen LogP contribution in [0.5, 0.6) is 0 Å². The molecule has 1 aliphatic carbocycles. The standard InChI is InChI=1S/C15H22ClN/c1-3-17-15-7-5-4-6-13(15)12-9-8-11(2)14(16)10-12/h8-10,13,15,17H,3-7H2,1-2H3. The van der Waals surface area contributed by atoms with Gasteiger partial charge in [-0.2, -0.15) is 0 Å². The van der Waals surface area contributed by atoms with Crippen LogP contribution in [0.1, 0.15) is 49.7 Å². The lowest BCUT2D eigenvalue weighted by atomic mass is 9.80. The number of rotatable bonds is 3. The molecule has 2 heteroatoms. The van der Waals surface area contributed by atoms with E-state index in [2.05, 4.69) is 37.4 Å². The summed E-state index contributed by atoms with van der Waals surface area (Å²) in [7, 11) is 0. The summed E-state index contributed by atoms with van der Waals surface area (Å²) in [5.74, 6) is 0.641. The van der Waals surface area contributed by atoms with Crippen LogP contribution in [0, 0.1) is 6.92 Å². The SMILES string of the molecule is CCNC1CCCCC1c1ccc(C)c(Cl)c1. The monoisotopic (exact) mass is 251 g/mol. The van der Waals surface area contributed by atoms with Crippen LogP contribution in [0.3, 0.4) is 0 Å². The predicted molar refractivity (Wildman–Crippen MR) is 74.9 cm³/mol. The second kappa shape index (κ2) is 5.88. The second-order valence-corrected chi connectivity index (χ2v) is 5.47. The zero-order chi connectivity index (χ0) is 12.3. The molecule has 1 nitrogen and oxygen atoms in total. The molecule has 0 bridgehead atoms. The van der Waals surface area contributed by atoms with Crippen LogP contribution in [-0.4, -0.2) is 12.6 Å². The van der Waals surface area contributed by atoms with Crippen molar-refractivity contribution in [1.29, 1.82) is 0 Å². The van der Waals surface area contributed by atoms with Gasteiger partial charge in [-0.05, 0) is 49.4 Å². The smallest absolute Gasteiger partial charge is 0.0438 e. The molecule has 2 unspecified atom stereocenters. The van der Waals surface area contributed by atoms with Crippen molar-refractivity contribution in [2.75, 3.05) is 6.54 Å². The number of halogens is 1. The van der Waals surface area contributed by atoms with Crippen molar-refractivity contribution in [2.45, 2.75) is 51.5 Å². The first-order chi connectivity index (χ1) is 8.22. The summed E-state index contributed by atoms with van der Waals surface area (Å²) in [5, 5.41) is 4.53. The van der Waals surface area contributed by atoms with Gasteiger partial charge in [-0.3, -0.25) is 0 Å². The van der Waals surface area contributed by atoms with Crippen molar-refractivity contribution in [1.82, 2.24) is 5.32 Å². The highest BCUT2D eigenvalue weighted by molar-refractivity contribution is 6.31. The molecule has 1 aliphatic rings. The topological polar surface area (TPSA) is 12.0 Å². The van der Waals surface area contributed by atoms with Gasteiger partial charge in [-0.1, -0.05) is 43.5 Å². The van der Waals surface area contributed by atoms with Gasteiger partial charge < -0.3 is 5.32 Å². The van der Waals surface area contributed by atoms with Crippen molar-refractivity contribution in [3.8, 4) is 0 Å². The van der Waals surface area contributed by atoms with Crippen LogP contribution in [0.15, 0.2) is 18.2 Å². The van der Waals surface area contributed by atoms with E-state index in [1.807, 2.05) is 0 Å². The molecule has 0 amide bonds. The number of likely N-dealkylation sites (N-methyl/N-ethyl adjacent to an activating group) is 1. The van der Waals surface area contributed by atoms with E-state index in [1.165, 1.54) is 36.8 Å². The lowest BCUT2D eigenvalue weighted by Crippen LogP contribution is -2.37. The first-order valence-electron chi connectivity index (χ1n) is 6.71. The molecule has 2 atom stereocenters. The van der Waals surface area contributed by atoms with Crippen LogP contribution in [-0.2, 0) is 0 Å². The summed E-state index contributed by atoms with van der Waals surface area (Å²) in [6, 6.07) is 7.20. The highest BCUT2D eigenvalue weighted by atomic mass is 35.5. The normalized spacial score (nSPS) is 24.9. The number of aryl methyl sites for hydroxylation is 1. The fraction of sp³-hybridized carbons (Fsp3) is 0.600. The molecule has 2 rings (SSSR count). The van der Waals surface area contributed by atoms with E-state index in [9.17, 15) is 0 Å². The van der Waals surface area contributed by atoms with Gasteiger partial charge in [0.05, 0.1) is 0 Å². The Labute approximate surface area is 110 Å². The highest BCUT2D eigenvalue weighted by Gasteiger charge is 2.25. The Kier molecular flexibility index (Phi) is 4.47. The molecule has 0 spiro atoms. The Hall–Kier alpha value is -0.530. The molecule has 17 heavy (non-hydrogen) atoms. The van der Waals surface area contributed by atoms with Crippen molar-refractivity contribution >= 4 is 11.6 Å².